The molecule has 1 N–H and O–H groups in total. The molecule has 0 spiro atoms. The van der Waals surface area contributed by atoms with Gasteiger partial charge < -0.3 is 5.11 Å². The monoisotopic (exact) mass is 298 g/mol. The summed E-state index contributed by atoms with van der Waals surface area (Å²) in [5, 5.41) is 8.67. The van der Waals surface area contributed by atoms with Gasteiger partial charge in [0.05, 0.1) is 0 Å². The number of hydrogen-bond donors (Lipinski definition) is 1. The van der Waals surface area contributed by atoms with Gasteiger partial charge in [-0.25, -0.2) is 0 Å². The molecule has 0 amide bonds. The van der Waals surface area contributed by atoms with Crippen LogP contribution in [0, 0.1) is 0 Å². The Morgan fingerprint density at radius 3 is 0.950 bits per heavy atom. The molecular formula is C18H38OSi. The van der Waals surface area contributed by atoms with Crippen molar-refractivity contribution >= 4 is 11.0 Å². The van der Waals surface area contributed by atoms with Crippen molar-refractivity contribution in [2.75, 3.05) is 6.61 Å². The first-order valence-corrected chi connectivity index (χ1v) is 9.02. The van der Waals surface area contributed by atoms with Gasteiger partial charge in [0.1, 0.15) is 0 Å². The number of hydrogen-bond acceptors (Lipinski definition) is 1. The molecule has 0 heterocycles. The van der Waals surface area contributed by atoms with Gasteiger partial charge in [-0.1, -0.05) is 103 Å². The third kappa shape index (κ3) is 20.5. The molecule has 0 aliphatic carbocycles. The van der Waals surface area contributed by atoms with Crippen LogP contribution >= 0.6 is 0 Å². The van der Waals surface area contributed by atoms with Crippen LogP contribution in [0.15, 0.2) is 0 Å². The lowest BCUT2D eigenvalue weighted by atomic mass is 10.0. The lowest BCUT2D eigenvalue weighted by Crippen LogP contribution is -1.85. The van der Waals surface area contributed by atoms with Crippen LogP contribution in [0.5, 0.6) is 0 Å². The average molecular weight is 299 g/mol. The second kappa shape index (κ2) is 21.5. The fourth-order valence-corrected chi connectivity index (χ4v) is 2.66. The Morgan fingerprint density at radius 2 is 0.700 bits per heavy atom. The largest absolute Gasteiger partial charge is 0.396 e. The molecule has 20 heavy (non-hydrogen) atoms. The van der Waals surface area contributed by atoms with Gasteiger partial charge in [0, 0.05) is 17.6 Å². The van der Waals surface area contributed by atoms with Gasteiger partial charge in [0.15, 0.2) is 0 Å². The summed E-state index contributed by atoms with van der Waals surface area (Å²) in [6.07, 6.45) is 22.2. The Morgan fingerprint density at radius 1 is 0.450 bits per heavy atom. The standard InChI is InChI=1S/C18H38O.Si/c1-2-3-4-5-6-7-8-9-10-11-12-13-14-15-16-17-18-19;/h19H,2-18H2,1H3;. The Hall–Kier alpha value is 0.177. The van der Waals surface area contributed by atoms with E-state index >= 15 is 0 Å². The highest BCUT2D eigenvalue weighted by atomic mass is 28.1. The zero-order valence-electron chi connectivity index (χ0n) is 14.0. The summed E-state index contributed by atoms with van der Waals surface area (Å²) in [5.74, 6) is 0. The zero-order chi connectivity index (χ0) is 14.0. The molecule has 0 fully saturated rings. The second-order valence-electron chi connectivity index (χ2n) is 6.03. The van der Waals surface area contributed by atoms with Crippen molar-refractivity contribution in [2.24, 2.45) is 0 Å². The van der Waals surface area contributed by atoms with Crippen LogP contribution in [-0.2, 0) is 0 Å². The predicted octanol–water partition coefficient (Wildman–Crippen LogP) is 5.86. The lowest BCUT2D eigenvalue weighted by molar-refractivity contribution is 0.282. The molecule has 0 atom stereocenters. The molecule has 120 valence electrons. The average Bonchev–Trinajstić information content (AvgIpc) is 2.43. The maximum atomic E-state index is 8.67. The Labute approximate surface area is 133 Å². The summed E-state index contributed by atoms with van der Waals surface area (Å²) >= 11 is 0. The Kier molecular flexibility index (Phi) is 24.1. The molecule has 0 unspecified atom stereocenters. The van der Waals surface area contributed by atoms with Gasteiger partial charge in [-0.05, 0) is 6.42 Å². The van der Waals surface area contributed by atoms with E-state index in [-0.39, 0.29) is 11.0 Å². The summed E-state index contributed by atoms with van der Waals surface area (Å²) in [6, 6.07) is 0. The molecule has 1 nitrogen and oxygen atoms in total. The molecule has 0 aliphatic rings. The predicted molar refractivity (Wildman–Crippen MR) is 92.4 cm³/mol. The van der Waals surface area contributed by atoms with E-state index in [1.54, 1.807) is 0 Å². The van der Waals surface area contributed by atoms with Gasteiger partial charge in [-0.2, -0.15) is 0 Å². The zero-order valence-corrected chi connectivity index (χ0v) is 15.0. The highest BCUT2D eigenvalue weighted by Crippen LogP contribution is 2.13. The molecule has 2 heteroatoms. The van der Waals surface area contributed by atoms with E-state index in [9.17, 15) is 0 Å². The van der Waals surface area contributed by atoms with Crippen molar-refractivity contribution in [1.29, 1.82) is 0 Å². The van der Waals surface area contributed by atoms with Crippen LogP contribution in [-0.4, -0.2) is 22.7 Å². The molecule has 0 aromatic carbocycles. The summed E-state index contributed by atoms with van der Waals surface area (Å²) in [5.41, 5.74) is 0. The highest BCUT2D eigenvalue weighted by Gasteiger charge is 1.94. The minimum Gasteiger partial charge on any atom is -0.396 e. The Balaban J connectivity index is 0. The fraction of sp³-hybridized carbons (Fsp3) is 1.00. The fourth-order valence-electron chi connectivity index (χ4n) is 2.66. The first-order chi connectivity index (χ1) is 9.41. The van der Waals surface area contributed by atoms with Crippen molar-refractivity contribution in [2.45, 2.75) is 110 Å². The van der Waals surface area contributed by atoms with Crippen LogP contribution < -0.4 is 0 Å². The summed E-state index contributed by atoms with van der Waals surface area (Å²) in [7, 11) is 0. The Bertz CT molecular complexity index is 134. The van der Waals surface area contributed by atoms with E-state index in [1.807, 2.05) is 0 Å². The van der Waals surface area contributed by atoms with Crippen molar-refractivity contribution in [3.63, 3.8) is 0 Å². The van der Waals surface area contributed by atoms with Crippen molar-refractivity contribution in [1.82, 2.24) is 0 Å². The SMILES string of the molecule is CCCCCCCCCCCCCCCCCCO.[Si]. The topological polar surface area (TPSA) is 20.2 Å². The maximum Gasteiger partial charge on any atom is 0.0431 e. The molecule has 0 aromatic rings. The summed E-state index contributed by atoms with van der Waals surface area (Å²) in [4.78, 5) is 0. The maximum absolute atomic E-state index is 8.67. The molecule has 4 radical (unpaired) electrons. The van der Waals surface area contributed by atoms with Crippen LogP contribution in [0.25, 0.3) is 0 Å². The number of aliphatic hydroxyl groups is 1. The third-order valence-corrected chi connectivity index (χ3v) is 4.01. The van der Waals surface area contributed by atoms with Crippen LogP contribution in [0.4, 0.5) is 0 Å². The van der Waals surface area contributed by atoms with Gasteiger partial charge in [0.25, 0.3) is 0 Å². The summed E-state index contributed by atoms with van der Waals surface area (Å²) < 4.78 is 0. The molecule has 0 saturated carbocycles. The molecule has 0 aliphatic heterocycles. The molecule has 0 aromatic heterocycles. The first kappa shape index (κ1) is 22.5. The van der Waals surface area contributed by atoms with Crippen molar-refractivity contribution in [3.8, 4) is 0 Å². The second-order valence-corrected chi connectivity index (χ2v) is 6.03. The van der Waals surface area contributed by atoms with Crippen LogP contribution in [0.1, 0.15) is 110 Å². The molecule has 0 bridgehead atoms. The van der Waals surface area contributed by atoms with E-state index < -0.39 is 0 Å². The molecular weight excluding hydrogens is 260 g/mol. The lowest BCUT2D eigenvalue weighted by Gasteiger charge is -2.03. The first-order valence-electron chi connectivity index (χ1n) is 9.02. The minimum absolute atomic E-state index is 0. The quantitative estimate of drug-likeness (QED) is 0.279. The van der Waals surface area contributed by atoms with Gasteiger partial charge in [-0.15, -0.1) is 0 Å². The van der Waals surface area contributed by atoms with Gasteiger partial charge in [0.2, 0.25) is 0 Å². The van der Waals surface area contributed by atoms with E-state index in [2.05, 4.69) is 6.92 Å². The number of rotatable bonds is 16. The highest BCUT2D eigenvalue weighted by molar-refractivity contribution is 5.75. The van der Waals surface area contributed by atoms with E-state index in [4.69, 9.17) is 5.11 Å². The van der Waals surface area contributed by atoms with Crippen LogP contribution in [0.2, 0.25) is 0 Å². The normalized spacial score (nSPS) is 10.5. The van der Waals surface area contributed by atoms with Gasteiger partial charge in [-0.3, -0.25) is 0 Å². The van der Waals surface area contributed by atoms with Crippen molar-refractivity contribution < 1.29 is 5.11 Å². The van der Waals surface area contributed by atoms with E-state index in [1.165, 1.54) is 96.3 Å². The third-order valence-electron chi connectivity index (χ3n) is 4.01. The minimum atomic E-state index is 0. The smallest absolute Gasteiger partial charge is 0.0431 e. The number of unbranched alkanes of at least 4 members (excludes halogenated alkanes) is 15. The molecule has 0 saturated heterocycles. The van der Waals surface area contributed by atoms with Crippen molar-refractivity contribution in [3.05, 3.63) is 0 Å². The number of aliphatic hydroxyl groups excluding tert-OH is 1. The van der Waals surface area contributed by atoms with E-state index in [0.717, 1.165) is 6.42 Å². The van der Waals surface area contributed by atoms with Gasteiger partial charge >= 0.3 is 0 Å². The molecule has 0 rings (SSSR count). The van der Waals surface area contributed by atoms with Crippen LogP contribution in [0.3, 0.4) is 0 Å². The van der Waals surface area contributed by atoms with E-state index in [0.29, 0.717) is 6.61 Å². The summed E-state index contributed by atoms with van der Waals surface area (Å²) in [6.45, 7) is 2.66.